The van der Waals surface area contributed by atoms with Gasteiger partial charge in [-0.15, -0.1) is 0 Å². The molecule has 104 valence electrons. The first-order valence-electron chi connectivity index (χ1n) is 7.60. The Hall–Kier alpha value is -1.11. The number of rotatable bonds is 3. The van der Waals surface area contributed by atoms with Crippen molar-refractivity contribution in [2.75, 3.05) is 0 Å². The van der Waals surface area contributed by atoms with Crippen LogP contribution in [0, 0.1) is 5.92 Å². The predicted molar refractivity (Wildman–Crippen MR) is 80.7 cm³/mol. The van der Waals surface area contributed by atoms with Gasteiger partial charge in [-0.2, -0.15) is 0 Å². The van der Waals surface area contributed by atoms with Gasteiger partial charge in [0.15, 0.2) is 5.78 Å². The number of carbonyl (C=O) groups excluding carboxylic acids is 1. The second kappa shape index (κ2) is 5.90. The molecule has 1 aliphatic carbocycles. The van der Waals surface area contributed by atoms with Crippen molar-refractivity contribution in [3.63, 3.8) is 0 Å². The van der Waals surface area contributed by atoms with Gasteiger partial charge in [0.1, 0.15) is 0 Å². The second-order valence-electron chi connectivity index (χ2n) is 6.96. The lowest BCUT2D eigenvalue weighted by Gasteiger charge is -2.22. The van der Waals surface area contributed by atoms with Gasteiger partial charge in [-0.1, -0.05) is 71.1 Å². The molecular formula is C18H26O. The summed E-state index contributed by atoms with van der Waals surface area (Å²) in [5.74, 6) is 0.956. The van der Waals surface area contributed by atoms with Gasteiger partial charge in [-0.05, 0) is 23.0 Å². The molecule has 0 unspecified atom stereocenters. The molecule has 0 spiro atoms. The molecule has 1 aromatic carbocycles. The van der Waals surface area contributed by atoms with E-state index in [0.29, 0.717) is 11.7 Å². The maximum atomic E-state index is 12.4. The van der Waals surface area contributed by atoms with Gasteiger partial charge in [-0.3, -0.25) is 4.79 Å². The van der Waals surface area contributed by atoms with E-state index in [0.717, 1.165) is 12.0 Å². The number of Topliss-reactive ketones (excluding diaryl/α,β-unsaturated/α-hetero) is 1. The zero-order valence-electron chi connectivity index (χ0n) is 12.5. The third kappa shape index (κ3) is 3.92. The zero-order chi connectivity index (χ0) is 13.9. The summed E-state index contributed by atoms with van der Waals surface area (Å²) >= 11 is 0. The smallest absolute Gasteiger partial charge is 0.163 e. The fourth-order valence-corrected chi connectivity index (χ4v) is 2.93. The number of hydrogen-bond acceptors (Lipinski definition) is 1. The third-order valence-corrected chi connectivity index (χ3v) is 4.25. The van der Waals surface area contributed by atoms with Crippen LogP contribution in [0.15, 0.2) is 24.3 Å². The first-order valence-corrected chi connectivity index (χ1v) is 7.60. The summed E-state index contributed by atoms with van der Waals surface area (Å²) in [6.07, 6.45) is 7.19. The minimum absolute atomic E-state index is 0.112. The lowest BCUT2D eigenvalue weighted by Crippen LogP contribution is -2.14. The average molecular weight is 258 g/mol. The van der Waals surface area contributed by atoms with Gasteiger partial charge in [0.05, 0.1) is 0 Å². The molecule has 0 bridgehead atoms. The fourth-order valence-electron chi connectivity index (χ4n) is 2.93. The first-order chi connectivity index (χ1) is 8.97. The molecule has 2 rings (SSSR count). The number of hydrogen-bond donors (Lipinski definition) is 0. The van der Waals surface area contributed by atoms with Crippen molar-refractivity contribution < 1.29 is 4.79 Å². The molecule has 0 aromatic heterocycles. The van der Waals surface area contributed by atoms with Crippen molar-refractivity contribution in [1.29, 1.82) is 0 Å². The Labute approximate surface area is 117 Å². The molecule has 1 saturated carbocycles. The molecular weight excluding hydrogens is 232 g/mol. The standard InChI is InChI=1S/C18H26O/c1-18(2,3)16-11-7-10-15(13-16)17(19)12-14-8-5-4-6-9-14/h7,10-11,13-14H,4-6,8-9,12H2,1-3H3. The summed E-state index contributed by atoms with van der Waals surface area (Å²) in [6.45, 7) is 6.58. The molecule has 1 nitrogen and oxygen atoms in total. The Morgan fingerprint density at radius 2 is 1.84 bits per heavy atom. The molecule has 0 saturated heterocycles. The molecule has 1 heteroatoms. The molecule has 19 heavy (non-hydrogen) atoms. The van der Waals surface area contributed by atoms with Gasteiger partial charge in [0.25, 0.3) is 0 Å². The highest BCUT2D eigenvalue weighted by atomic mass is 16.1. The van der Waals surface area contributed by atoms with E-state index in [1.54, 1.807) is 0 Å². The minimum atomic E-state index is 0.112. The third-order valence-electron chi connectivity index (χ3n) is 4.25. The van der Waals surface area contributed by atoms with Gasteiger partial charge < -0.3 is 0 Å². The largest absolute Gasteiger partial charge is 0.294 e. The zero-order valence-corrected chi connectivity index (χ0v) is 12.5. The van der Waals surface area contributed by atoms with Crippen molar-refractivity contribution in [3.05, 3.63) is 35.4 Å². The molecule has 0 radical (unpaired) electrons. The quantitative estimate of drug-likeness (QED) is 0.686. The van der Waals surface area contributed by atoms with E-state index in [4.69, 9.17) is 0 Å². The molecule has 0 N–H and O–H groups in total. The summed E-state index contributed by atoms with van der Waals surface area (Å²) in [7, 11) is 0. The summed E-state index contributed by atoms with van der Waals surface area (Å²) in [5, 5.41) is 0. The van der Waals surface area contributed by atoms with Crippen molar-refractivity contribution in [2.45, 2.75) is 64.7 Å². The average Bonchev–Trinajstić information content (AvgIpc) is 2.39. The SMILES string of the molecule is CC(C)(C)c1cccc(C(=O)CC2CCCCC2)c1. The molecule has 1 aromatic rings. The lowest BCUT2D eigenvalue weighted by molar-refractivity contribution is 0.0950. The summed E-state index contributed by atoms with van der Waals surface area (Å²) in [6, 6.07) is 8.21. The lowest BCUT2D eigenvalue weighted by atomic mass is 9.83. The van der Waals surface area contributed by atoms with E-state index in [2.05, 4.69) is 32.9 Å². The highest BCUT2D eigenvalue weighted by Crippen LogP contribution is 2.28. The van der Waals surface area contributed by atoms with E-state index in [9.17, 15) is 4.79 Å². The van der Waals surface area contributed by atoms with Crippen LogP contribution in [0.25, 0.3) is 0 Å². The number of ketones is 1. The van der Waals surface area contributed by atoms with Gasteiger partial charge >= 0.3 is 0 Å². The minimum Gasteiger partial charge on any atom is -0.294 e. The van der Waals surface area contributed by atoms with Gasteiger partial charge in [0, 0.05) is 12.0 Å². The summed E-state index contributed by atoms with van der Waals surface area (Å²) in [4.78, 5) is 12.4. The topological polar surface area (TPSA) is 17.1 Å². The molecule has 0 aliphatic heterocycles. The van der Waals surface area contributed by atoms with Crippen LogP contribution < -0.4 is 0 Å². The Morgan fingerprint density at radius 1 is 1.16 bits per heavy atom. The van der Waals surface area contributed by atoms with Crippen molar-refractivity contribution in [2.24, 2.45) is 5.92 Å². The first kappa shape index (κ1) is 14.3. The second-order valence-corrected chi connectivity index (χ2v) is 6.96. The number of benzene rings is 1. The van der Waals surface area contributed by atoms with Crippen molar-refractivity contribution >= 4 is 5.78 Å². The molecule has 1 aliphatic rings. The fraction of sp³-hybridized carbons (Fsp3) is 0.611. The van der Waals surface area contributed by atoms with Crippen LogP contribution in [0.2, 0.25) is 0 Å². The number of carbonyl (C=O) groups is 1. The van der Waals surface area contributed by atoms with Gasteiger partial charge in [0.2, 0.25) is 0 Å². The van der Waals surface area contributed by atoms with Crippen molar-refractivity contribution in [3.8, 4) is 0 Å². The highest BCUT2D eigenvalue weighted by molar-refractivity contribution is 5.96. The van der Waals surface area contributed by atoms with E-state index in [1.165, 1.54) is 37.7 Å². The molecule has 0 atom stereocenters. The van der Waals surface area contributed by atoms with E-state index < -0.39 is 0 Å². The highest BCUT2D eigenvalue weighted by Gasteiger charge is 2.19. The van der Waals surface area contributed by atoms with Crippen LogP contribution in [0.5, 0.6) is 0 Å². The van der Waals surface area contributed by atoms with Crippen LogP contribution in [0.3, 0.4) is 0 Å². The van der Waals surface area contributed by atoms with Crippen LogP contribution in [-0.2, 0) is 5.41 Å². The summed E-state index contributed by atoms with van der Waals surface area (Å²) in [5.41, 5.74) is 2.27. The predicted octanol–water partition coefficient (Wildman–Crippen LogP) is 5.14. The monoisotopic (exact) mass is 258 g/mol. The Morgan fingerprint density at radius 3 is 2.47 bits per heavy atom. The van der Waals surface area contributed by atoms with Crippen LogP contribution in [-0.4, -0.2) is 5.78 Å². The maximum Gasteiger partial charge on any atom is 0.163 e. The van der Waals surface area contributed by atoms with Crippen molar-refractivity contribution in [1.82, 2.24) is 0 Å². The van der Waals surface area contributed by atoms with Crippen LogP contribution in [0.4, 0.5) is 0 Å². The van der Waals surface area contributed by atoms with Crippen LogP contribution >= 0.6 is 0 Å². The Balaban J connectivity index is 2.06. The van der Waals surface area contributed by atoms with E-state index in [-0.39, 0.29) is 5.41 Å². The van der Waals surface area contributed by atoms with E-state index in [1.807, 2.05) is 12.1 Å². The van der Waals surface area contributed by atoms with E-state index >= 15 is 0 Å². The summed E-state index contributed by atoms with van der Waals surface area (Å²) < 4.78 is 0. The van der Waals surface area contributed by atoms with Gasteiger partial charge in [-0.25, -0.2) is 0 Å². The Kier molecular flexibility index (Phi) is 4.44. The maximum absolute atomic E-state index is 12.4. The molecule has 0 heterocycles. The molecule has 1 fully saturated rings. The normalized spacial score (nSPS) is 17.4. The molecule has 0 amide bonds. The van der Waals surface area contributed by atoms with Crippen LogP contribution in [0.1, 0.15) is 75.2 Å². The Bertz CT molecular complexity index is 433.